The Morgan fingerprint density at radius 2 is 2.06 bits per heavy atom. The summed E-state index contributed by atoms with van der Waals surface area (Å²) < 4.78 is 36.9. The van der Waals surface area contributed by atoms with E-state index in [4.69, 9.17) is 5.26 Å². The van der Waals surface area contributed by atoms with Gasteiger partial charge >= 0.3 is 6.18 Å². The van der Waals surface area contributed by atoms with Crippen LogP contribution in [0.1, 0.15) is 0 Å². The zero-order chi connectivity index (χ0) is 13.8. The smallest absolute Gasteiger partial charge is 0.258 e. The van der Waals surface area contributed by atoms with E-state index >= 15 is 0 Å². The van der Waals surface area contributed by atoms with Crippen LogP contribution in [0.15, 0.2) is 29.2 Å². The predicted octanol–water partition coefficient (Wildman–Crippen LogP) is 3.39. The monoisotopic (exact) mass is 276 g/mol. The van der Waals surface area contributed by atoms with Crippen LogP contribution in [0.25, 0.3) is 0 Å². The summed E-state index contributed by atoms with van der Waals surface area (Å²) in [6, 6.07) is 6.62. The van der Waals surface area contributed by atoms with Crippen LogP contribution in [0.3, 0.4) is 0 Å². The molecule has 0 N–H and O–H groups in total. The summed E-state index contributed by atoms with van der Waals surface area (Å²) in [5.41, 5.74) is -0.263. The molecule has 0 heterocycles. The number of alkyl halides is 3. The van der Waals surface area contributed by atoms with Gasteiger partial charge in [0.15, 0.2) is 5.92 Å². The molecule has 0 fully saturated rings. The fourth-order valence-electron chi connectivity index (χ4n) is 1.11. The van der Waals surface area contributed by atoms with E-state index in [0.29, 0.717) is 11.8 Å². The Morgan fingerprint density at radius 3 is 2.56 bits per heavy atom. The molecule has 1 aromatic carbocycles. The molecule has 1 aromatic rings. The van der Waals surface area contributed by atoms with Crippen molar-refractivity contribution in [3.05, 3.63) is 34.4 Å². The van der Waals surface area contributed by atoms with Crippen LogP contribution in [-0.4, -0.2) is 16.9 Å². The Kier molecular flexibility index (Phi) is 4.55. The number of nitrogens with zero attached hydrogens (tertiary/aromatic N) is 2. The third kappa shape index (κ3) is 3.63. The van der Waals surface area contributed by atoms with Crippen molar-refractivity contribution in [1.82, 2.24) is 0 Å². The minimum atomic E-state index is -4.62. The van der Waals surface area contributed by atoms with Gasteiger partial charge in [-0.3, -0.25) is 10.1 Å². The second kappa shape index (κ2) is 5.73. The molecular weight excluding hydrogens is 269 g/mol. The van der Waals surface area contributed by atoms with E-state index < -0.39 is 22.8 Å². The highest BCUT2D eigenvalue weighted by Gasteiger charge is 2.40. The summed E-state index contributed by atoms with van der Waals surface area (Å²) in [5, 5.41) is 19.0. The van der Waals surface area contributed by atoms with Gasteiger partial charge in [0.1, 0.15) is 0 Å². The number of nitriles is 1. The molecule has 0 bridgehead atoms. The Labute approximate surface area is 105 Å². The highest BCUT2D eigenvalue weighted by molar-refractivity contribution is 7.99. The first-order valence-electron chi connectivity index (χ1n) is 4.69. The van der Waals surface area contributed by atoms with Gasteiger partial charge in [0, 0.05) is 11.8 Å². The molecule has 0 aliphatic heterocycles. The SMILES string of the molecule is N#CC(CSc1ccccc1[N+](=O)[O-])C(F)(F)F. The number of hydrogen-bond donors (Lipinski definition) is 0. The lowest BCUT2D eigenvalue weighted by atomic mass is 10.2. The molecule has 1 rings (SSSR count). The third-order valence-electron chi connectivity index (χ3n) is 2.02. The van der Waals surface area contributed by atoms with E-state index in [2.05, 4.69) is 0 Å². The first-order chi connectivity index (χ1) is 8.36. The topological polar surface area (TPSA) is 66.9 Å². The van der Waals surface area contributed by atoms with Crippen molar-refractivity contribution in [2.75, 3.05) is 5.75 Å². The molecule has 0 aliphatic rings. The summed E-state index contributed by atoms with van der Waals surface area (Å²) in [4.78, 5) is 10.1. The maximum Gasteiger partial charge on any atom is 0.405 e. The first kappa shape index (κ1) is 14.3. The number of nitro benzene ring substituents is 1. The number of halogens is 3. The summed E-state index contributed by atoms with van der Waals surface area (Å²) >= 11 is 0.651. The highest BCUT2D eigenvalue weighted by Crippen LogP contribution is 2.34. The summed E-state index contributed by atoms with van der Waals surface area (Å²) in [6.07, 6.45) is -4.62. The summed E-state index contributed by atoms with van der Waals surface area (Å²) in [6.45, 7) is 0. The quantitative estimate of drug-likeness (QED) is 0.480. The lowest BCUT2D eigenvalue weighted by molar-refractivity contribution is -0.387. The van der Waals surface area contributed by atoms with Crippen LogP contribution in [0, 0.1) is 27.4 Å². The highest BCUT2D eigenvalue weighted by atomic mass is 32.2. The molecule has 0 saturated carbocycles. The molecule has 0 saturated heterocycles. The Bertz CT molecular complexity index is 485. The number of nitro groups is 1. The maximum absolute atomic E-state index is 12.3. The first-order valence-corrected chi connectivity index (χ1v) is 5.67. The van der Waals surface area contributed by atoms with Crippen molar-refractivity contribution in [1.29, 1.82) is 5.26 Å². The third-order valence-corrected chi connectivity index (χ3v) is 3.17. The van der Waals surface area contributed by atoms with Crippen molar-refractivity contribution in [2.45, 2.75) is 11.1 Å². The average molecular weight is 276 g/mol. The molecule has 1 atom stereocenters. The van der Waals surface area contributed by atoms with Crippen LogP contribution >= 0.6 is 11.8 Å². The van der Waals surface area contributed by atoms with Crippen LogP contribution in [0.4, 0.5) is 18.9 Å². The zero-order valence-electron chi connectivity index (χ0n) is 8.85. The minimum Gasteiger partial charge on any atom is -0.258 e. The number of benzene rings is 1. The fraction of sp³-hybridized carbons (Fsp3) is 0.300. The Hall–Kier alpha value is -1.75. The number of thioether (sulfide) groups is 1. The molecule has 4 nitrogen and oxygen atoms in total. The second-order valence-electron chi connectivity index (χ2n) is 3.26. The van der Waals surface area contributed by atoms with E-state index in [1.807, 2.05) is 0 Å². The van der Waals surface area contributed by atoms with E-state index in [9.17, 15) is 23.3 Å². The van der Waals surface area contributed by atoms with E-state index in [1.165, 1.54) is 24.3 Å². The Balaban J connectivity index is 2.81. The summed E-state index contributed by atoms with van der Waals surface area (Å²) in [7, 11) is 0. The molecule has 1 unspecified atom stereocenters. The molecule has 96 valence electrons. The average Bonchev–Trinajstić information content (AvgIpc) is 2.28. The van der Waals surface area contributed by atoms with Gasteiger partial charge in [0.05, 0.1) is 15.9 Å². The second-order valence-corrected chi connectivity index (χ2v) is 4.32. The molecule has 0 spiro atoms. The zero-order valence-corrected chi connectivity index (χ0v) is 9.66. The molecule has 0 radical (unpaired) electrons. The van der Waals surface area contributed by atoms with E-state index in [0.717, 1.165) is 6.07 Å². The van der Waals surface area contributed by atoms with Crippen molar-refractivity contribution in [2.24, 2.45) is 5.92 Å². The molecule has 0 aliphatic carbocycles. The largest absolute Gasteiger partial charge is 0.405 e. The minimum absolute atomic E-state index is 0.118. The van der Waals surface area contributed by atoms with Gasteiger partial charge in [-0.25, -0.2) is 0 Å². The lowest BCUT2D eigenvalue weighted by Gasteiger charge is -2.12. The number of para-hydroxylation sites is 1. The Morgan fingerprint density at radius 1 is 1.44 bits per heavy atom. The van der Waals surface area contributed by atoms with Gasteiger partial charge < -0.3 is 0 Å². The van der Waals surface area contributed by atoms with Gasteiger partial charge in [0.25, 0.3) is 5.69 Å². The number of rotatable bonds is 4. The van der Waals surface area contributed by atoms with Crippen molar-refractivity contribution < 1.29 is 18.1 Å². The van der Waals surface area contributed by atoms with Crippen LogP contribution in [0.5, 0.6) is 0 Å². The van der Waals surface area contributed by atoms with Crippen molar-refractivity contribution >= 4 is 17.4 Å². The van der Waals surface area contributed by atoms with Crippen LogP contribution in [0.2, 0.25) is 0 Å². The van der Waals surface area contributed by atoms with Crippen molar-refractivity contribution in [3.8, 4) is 6.07 Å². The maximum atomic E-state index is 12.3. The van der Waals surface area contributed by atoms with E-state index in [1.54, 1.807) is 0 Å². The summed E-state index contributed by atoms with van der Waals surface area (Å²) in [5.74, 6) is -2.70. The molecular formula is C10H7F3N2O2S. The van der Waals surface area contributed by atoms with Gasteiger partial charge in [0.2, 0.25) is 0 Å². The van der Waals surface area contributed by atoms with Gasteiger partial charge in [-0.2, -0.15) is 18.4 Å². The van der Waals surface area contributed by atoms with Gasteiger partial charge in [-0.05, 0) is 6.07 Å². The molecule has 0 amide bonds. The van der Waals surface area contributed by atoms with Crippen LogP contribution < -0.4 is 0 Å². The van der Waals surface area contributed by atoms with E-state index in [-0.39, 0.29) is 10.6 Å². The lowest BCUT2D eigenvalue weighted by Crippen LogP contribution is -2.23. The van der Waals surface area contributed by atoms with Gasteiger partial charge in [-0.1, -0.05) is 12.1 Å². The van der Waals surface area contributed by atoms with Gasteiger partial charge in [-0.15, -0.1) is 11.8 Å². The molecule has 0 aromatic heterocycles. The van der Waals surface area contributed by atoms with Crippen LogP contribution in [-0.2, 0) is 0 Å². The van der Waals surface area contributed by atoms with Crippen molar-refractivity contribution in [3.63, 3.8) is 0 Å². The predicted molar refractivity (Wildman–Crippen MR) is 59.0 cm³/mol. The standard InChI is InChI=1S/C10H7F3N2O2S/c11-10(12,13)7(5-14)6-18-9-4-2-1-3-8(9)15(16)17/h1-4,7H,6H2. The fourth-order valence-corrected chi connectivity index (χ4v) is 2.18. The number of hydrogen-bond acceptors (Lipinski definition) is 4. The normalized spacial score (nSPS) is 12.8. The molecule has 8 heteroatoms. The molecule has 18 heavy (non-hydrogen) atoms.